The number of hydrogen-bond donors (Lipinski definition) is 0. The quantitative estimate of drug-likeness (QED) is 0.617. The number of carbonyl (C=O) groups excluding carboxylic acids is 1. The standard InChI is InChI=1S/C11H10F5NO4/c1-19-7(18)4-5-3-6(21-11(14,15)16)8(9(12)13)17-10(5)20-2/h3,9H,4H2,1-2H3. The van der Waals surface area contributed by atoms with Crippen LogP contribution in [-0.4, -0.2) is 31.5 Å². The summed E-state index contributed by atoms with van der Waals surface area (Å²) in [6.07, 6.45) is -9.00. The fourth-order valence-electron chi connectivity index (χ4n) is 1.42. The lowest BCUT2D eigenvalue weighted by molar-refractivity contribution is -0.275. The predicted octanol–water partition coefficient (Wildman–Crippen LogP) is 2.64. The molecule has 0 fully saturated rings. The number of ether oxygens (including phenoxy) is 3. The molecule has 5 nitrogen and oxygen atoms in total. The molecule has 0 aliphatic rings. The number of nitrogens with zero attached hydrogens (tertiary/aromatic N) is 1. The predicted molar refractivity (Wildman–Crippen MR) is 58.1 cm³/mol. The van der Waals surface area contributed by atoms with Gasteiger partial charge in [-0.05, 0) is 6.07 Å². The Labute approximate surface area is 115 Å². The molecule has 0 saturated heterocycles. The highest BCUT2D eigenvalue weighted by molar-refractivity contribution is 5.73. The Morgan fingerprint density at radius 1 is 1.33 bits per heavy atom. The zero-order chi connectivity index (χ0) is 16.2. The van der Waals surface area contributed by atoms with Gasteiger partial charge in [0, 0.05) is 5.56 Å². The van der Waals surface area contributed by atoms with Crippen molar-refractivity contribution < 1.29 is 41.0 Å². The number of esters is 1. The third-order valence-corrected chi connectivity index (χ3v) is 2.24. The lowest BCUT2D eigenvalue weighted by Crippen LogP contribution is -2.19. The molecule has 0 atom stereocenters. The van der Waals surface area contributed by atoms with Gasteiger partial charge in [0.2, 0.25) is 5.88 Å². The third-order valence-electron chi connectivity index (χ3n) is 2.24. The second-order valence-corrected chi connectivity index (χ2v) is 3.64. The summed E-state index contributed by atoms with van der Waals surface area (Å²) in [6.45, 7) is 0. The first-order valence-electron chi connectivity index (χ1n) is 5.36. The van der Waals surface area contributed by atoms with E-state index in [-0.39, 0.29) is 5.56 Å². The van der Waals surface area contributed by atoms with Crippen LogP contribution < -0.4 is 9.47 Å². The molecular formula is C11H10F5NO4. The van der Waals surface area contributed by atoms with Gasteiger partial charge in [-0.25, -0.2) is 13.8 Å². The first-order chi connectivity index (χ1) is 9.67. The van der Waals surface area contributed by atoms with Gasteiger partial charge in [-0.2, -0.15) is 0 Å². The molecule has 0 amide bonds. The third kappa shape index (κ3) is 4.72. The first kappa shape index (κ1) is 16.9. The maximum Gasteiger partial charge on any atom is 0.573 e. The minimum absolute atomic E-state index is 0.173. The molecule has 0 saturated carbocycles. The van der Waals surface area contributed by atoms with Crippen molar-refractivity contribution in [3.63, 3.8) is 0 Å². The van der Waals surface area contributed by atoms with Crippen molar-refractivity contribution in [2.24, 2.45) is 0 Å². The highest BCUT2D eigenvalue weighted by atomic mass is 19.4. The summed E-state index contributed by atoms with van der Waals surface area (Å²) >= 11 is 0. The van der Waals surface area contributed by atoms with E-state index in [4.69, 9.17) is 0 Å². The van der Waals surface area contributed by atoms with Crippen LogP contribution in [0, 0.1) is 0 Å². The topological polar surface area (TPSA) is 57.7 Å². The van der Waals surface area contributed by atoms with Crippen LogP contribution in [0.1, 0.15) is 17.7 Å². The van der Waals surface area contributed by atoms with Crippen LogP contribution in [0.4, 0.5) is 22.0 Å². The van der Waals surface area contributed by atoms with E-state index >= 15 is 0 Å². The van der Waals surface area contributed by atoms with Crippen molar-refractivity contribution in [1.29, 1.82) is 0 Å². The van der Waals surface area contributed by atoms with Crippen molar-refractivity contribution in [1.82, 2.24) is 4.98 Å². The van der Waals surface area contributed by atoms with Gasteiger partial charge in [0.25, 0.3) is 6.43 Å². The van der Waals surface area contributed by atoms with E-state index in [1.54, 1.807) is 0 Å². The Bertz CT molecular complexity index is 518. The van der Waals surface area contributed by atoms with Crippen molar-refractivity contribution in [3.8, 4) is 11.6 Å². The summed E-state index contributed by atoms with van der Waals surface area (Å²) in [6, 6.07) is 0.623. The summed E-state index contributed by atoms with van der Waals surface area (Å²) in [5.41, 5.74) is -1.41. The molecule has 118 valence electrons. The minimum Gasteiger partial charge on any atom is -0.481 e. The Morgan fingerprint density at radius 3 is 2.38 bits per heavy atom. The molecule has 0 spiro atoms. The number of rotatable bonds is 5. The summed E-state index contributed by atoms with van der Waals surface area (Å²) in [5, 5.41) is 0. The second kappa shape index (κ2) is 6.55. The zero-order valence-electron chi connectivity index (χ0n) is 10.8. The summed E-state index contributed by atoms with van der Waals surface area (Å²) in [7, 11) is 2.13. The summed E-state index contributed by atoms with van der Waals surface area (Å²) in [4.78, 5) is 14.4. The average molecular weight is 315 g/mol. The molecule has 0 bridgehead atoms. The fourth-order valence-corrected chi connectivity index (χ4v) is 1.42. The van der Waals surface area contributed by atoms with Crippen LogP contribution >= 0.6 is 0 Å². The Morgan fingerprint density at radius 2 is 1.95 bits per heavy atom. The number of halogens is 5. The van der Waals surface area contributed by atoms with E-state index in [9.17, 15) is 26.7 Å². The number of methoxy groups -OCH3 is 2. The molecule has 0 aromatic carbocycles. The Kier molecular flexibility index (Phi) is 5.28. The lowest BCUT2D eigenvalue weighted by atomic mass is 10.1. The lowest BCUT2D eigenvalue weighted by Gasteiger charge is -2.15. The molecule has 0 aliphatic carbocycles. The van der Waals surface area contributed by atoms with E-state index in [2.05, 4.69) is 19.2 Å². The van der Waals surface area contributed by atoms with Gasteiger partial charge in [0.15, 0.2) is 11.4 Å². The molecule has 0 N–H and O–H groups in total. The SMILES string of the molecule is COC(=O)Cc1cc(OC(F)(F)F)c(C(F)F)nc1OC. The molecular weight excluding hydrogens is 305 g/mol. The molecule has 0 aliphatic heterocycles. The first-order valence-corrected chi connectivity index (χ1v) is 5.36. The zero-order valence-corrected chi connectivity index (χ0v) is 10.8. The number of hydrogen-bond acceptors (Lipinski definition) is 5. The molecule has 0 radical (unpaired) electrons. The van der Waals surface area contributed by atoms with Gasteiger partial charge >= 0.3 is 12.3 Å². The van der Waals surface area contributed by atoms with Crippen LogP contribution in [0.15, 0.2) is 6.07 Å². The number of alkyl halides is 5. The van der Waals surface area contributed by atoms with Gasteiger partial charge in [0.1, 0.15) is 0 Å². The minimum atomic E-state index is -5.18. The molecule has 1 aromatic rings. The van der Waals surface area contributed by atoms with Gasteiger partial charge < -0.3 is 14.2 Å². The van der Waals surface area contributed by atoms with E-state index in [0.29, 0.717) is 6.07 Å². The van der Waals surface area contributed by atoms with Crippen molar-refractivity contribution in [3.05, 3.63) is 17.3 Å². The van der Waals surface area contributed by atoms with Gasteiger partial charge in [-0.1, -0.05) is 0 Å². The molecule has 1 heterocycles. The molecule has 1 aromatic heterocycles. The summed E-state index contributed by atoms with van der Waals surface area (Å²) in [5.74, 6) is -2.42. The van der Waals surface area contributed by atoms with E-state index in [1.165, 1.54) is 0 Å². The van der Waals surface area contributed by atoms with Gasteiger partial charge in [-0.3, -0.25) is 4.79 Å². The Hall–Kier alpha value is -2.13. The monoisotopic (exact) mass is 315 g/mol. The highest BCUT2D eigenvalue weighted by Crippen LogP contribution is 2.35. The van der Waals surface area contributed by atoms with E-state index < -0.39 is 42.5 Å². The molecule has 0 unspecified atom stereocenters. The molecule has 10 heteroatoms. The number of pyridine rings is 1. The van der Waals surface area contributed by atoms with Crippen LogP contribution in [0.3, 0.4) is 0 Å². The van der Waals surface area contributed by atoms with Crippen LogP contribution in [0.2, 0.25) is 0 Å². The average Bonchev–Trinajstić information content (AvgIpc) is 2.36. The highest BCUT2D eigenvalue weighted by Gasteiger charge is 2.34. The second-order valence-electron chi connectivity index (χ2n) is 3.64. The van der Waals surface area contributed by atoms with Crippen LogP contribution in [0.25, 0.3) is 0 Å². The smallest absolute Gasteiger partial charge is 0.481 e. The summed E-state index contributed by atoms with van der Waals surface area (Å²) < 4.78 is 74.6. The fraction of sp³-hybridized carbons (Fsp3) is 0.455. The van der Waals surface area contributed by atoms with Gasteiger partial charge in [-0.15, -0.1) is 13.2 Å². The van der Waals surface area contributed by atoms with Crippen molar-refractivity contribution >= 4 is 5.97 Å². The van der Waals surface area contributed by atoms with Gasteiger partial charge in [0.05, 0.1) is 20.6 Å². The van der Waals surface area contributed by atoms with E-state index in [0.717, 1.165) is 14.2 Å². The largest absolute Gasteiger partial charge is 0.573 e. The molecule has 1 rings (SSSR count). The Balaban J connectivity index is 3.31. The van der Waals surface area contributed by atoms with E-state index in [1.807, 2.05) is 0 Å². The number of carbonyl (C=O) groups is 1. The maximum absolute atomic E-state index is 12.7. The van der Waals surface area contributed by atoms with Crippen LogP contribution in [-0.2, 0) is 16.0 Å². The van der Waals surface area contributed by atoms with Crippen molar-refractivity contribution in [2.75, 3.05) is 14.2 Å². The molecule has 21 heavy (non-hydrogen) atoms. The normalized spacial score (nSPS) is 11.4. The maximum atomic E-state index is 12.7. The van der Waals surface area contributed by atoms with Crippen LogP contribution in [0.5, 0.6) is 11.6 Å². The number of aromatic nitrogens is 1. The van der Waals surface area contributed by atoms with Crippen molar-refractivity contribution in [2.45, 2.75) is 19.2 Å².